The van der Waals surface area contributed by atoms with Crippen molar-refractivity contribution in [3.05, 3.63) is 68.0 Å². The zero-order valence-electron chi connectivity index (χ0n) is 17.6. The zero-order chi connectivity index (χ0) is 22.3. The second-order valence-corrected chi connectivity index (χ2v) is 11.0. The number of carbonyl (C=O) groups excluding carboxylic acids is 1. The molecule has 0 aliphatic carbocycles. The standard InChI is InChI=1S/C21H24N4O4S2/c1-14-13-22-21(27)25(14)18-6-4-17(5-7-18)20(26)23-8-10-24(11-9-23)31(28,29)19-12-15(2)30-16(19)3/h4-7,12-13H,8-11H2,1-3H3,(H,22,27). The third-order valence-corrected chi connectivity index (χ3v) is 8.59. The maximum absolute atomic E-state index is 13.0. The molecule has 1 aliphatic heterocycles. The predicted molar refractivity (Wildman–Crippen MR) is 120 cm³/mol. The van der Waals surface area contributed by atoms with E-state index in [1.165, 1.54) is 20.2 Å². The van der Waals surface area contributed by atoms with Gasteiger partial charge in [-0.3, -0.25) is 9.36 Å². The summed E-state index contributed by atoms with van der Waals surface area (Å²) in [6, 6.07) is 8.57. The molecule has 0 saturated carbocycles. The van der Waals surface area contributed by atoms with E-state index >= 15 is 0 Å². The monoisotopic (exact) mass is 460 g/mol. The van der Waals surface area contributed by atoms with Gasteiger partial charge in [0.25, 0.3) is 5.91 Å². The molecule has 0 spiro atoms. The minimum atomic E-state index is -3.55. The Morgan fingerprint density at radius 3 is 2.19 bits per heavy atom. The third kappa shape index (κ3) is 3.98. The molecule has 0 atom stereocenters. The van der Waals surface area contributed by atoms with E-state index < -0.39 is 10.0 Å². The molecule has 31 heavy (non-hydrogen) atoms. The molecule has 10 heteroatoms. The van der Waals surface area contributed by atoms with Gasteiger partial charge in [-0.25, -0.2) is 13.2 Å². The van der Waals surface area contributed by atoms with E-state index in [2.05, 4.69) is 4.98 Å². The molecule has 1 fully saturated rings. The minimum absolute atomic E-state index is 0.149. The fourth-order valence-corrected chi connectivity index (χ4v) is 6.79. The summed E-state index contributed by atoms with van der Waals surface area (Å²) in [5, 5.41) is 0. The van der Waals surface area contributed by atoms with Crippen molar-refractivity contribution in [1.82, 2.24) is 18.8 Å². The largest absolute Gasteiger partial charge is 0.336 e. The number of hydrogen-bond donors (Lipinski definition) is 1. The van der Waals surface area contributed by atoms with Crippen LogP contribution in [0.1, 0.15) is 25.8 Å². The average molecular weight is 461 g/mol. The Morgan fingerprint density at radius 1 is 1.03 bits per heavy atom. The van der Waals surface area contributed by atoms with Gasteiger partial charge in [0, 0.05) is 53.4 Å². The summed E-state index contributed by atoms with van der Waals surface area (Å²) in [6.07, 6.45) is 1.63. The lowest BCUT2D eigenvalue weighted by Gasteiger charge is -2.34. The van der Waals surface area contributed by atoms with Crippen LogP contribution in [-0.4, -0.2) is 59.3 Å². The highest BCUT2D eigenvalue weighted by atomic mass is 32.2. The van der Waals surface area contributed by atoms with Crippen LogP contribution in [0.3, 0.4) is 0 Å². The summed E-state index contributed by atoms with van der Waals surface area (Å²) >= 11 is 1.47. The number of aryl methyl sites for hydroxylation is 3. The van der Waals surface area contributed by atoms with Crippen LogP contribution in [-0.2, 0) is 10.0 Å². The van der Waals surface area contributed by atoms with Crippen molar-refractivity contribution in [2.24, 2.45) is 0 Å². The molecule has 2 aromatic heterocycles. The molecule has 3 aromatic rings. The summed E-state index contributed by atoms with van der Waals surface area (Å²) in [5.41, 5.74) is 1.73. The summed E-state index contributed by atoms with van der Waals surface area (Å²) in [6.45, 7) is 6.72. The lowest BCUT2D eigenvalue weighted by Crippen LogP contribution is -2.50. The van der Waals surface area contributed by atoms with Crippen molar-refractivity contribution < 1.29 is 13.2 Å². The molecule has 4 rings (SSSR count). The maximum atomic E-state index is 13.0. The number of H-pyrrole nitrogens is 1. The highest BCUT2D eigenvalue weighted by molar-refractivity contribution is 7.89. The topological polar surface area (TPSA) is 95.5 Å². The molecule has 0 unspecified atom stereocenters. The Kier molecular flexibility index (Phi) is 5.63. The van der Waals surface area contributed by atoms with Gasteiger partial charge in [0.1, 0.15) is 0 Å². The van der Waals surface area contributed by atoms with Crippen LogP contribution >= 0.6 is 11.3 Å². The molecule has 1 saturated heterocycles. The first-order chi connectivity index (χ1) is 14.7. The molecule has 1 aromatic carbocycles. The number of imidazole rings is 1. The lowest BCUT2D eigenvalue weighted by atomic mass is 10.1. The third-order valence-electron chi connectivity index (χ3n) is 5.47. The number of aromatic amines is 1. The maximum Gasteiger partial charge on any atom is 0.330 e. The predicted octanol–water partition coefficient (Wildman–Crippen LogP) is 2.30. The lowest BCUT2D eigenvalue weighted by molar-refractivity contribution is 0.0698. The van der Waals surface area contributed by atoms with Crippen molar-refractivity contribution in [2.45, 2.75) is 25.7 Å². The fourth-order valence-electron chi connectivity index (χ4n) is 3.85. The number of benzene rings is 1. The van der Waals surface area contributed by atoms with Gasteiger partial charge in [-0.05, 0) is 51.1 Å². The smallest absolute Gasteiger partial charge is 0.330 e. The van der Waals surface area contributed by atoms with Gasteiger partial charge in [0.05, 0.1) is 10.6 Å². The van der Waals surface area contributed by atoms with E-state index in [4.69, 9.17) is 0 Å². The van der Waals surface area contributed by atoms with Gasteiger partial charge in [0.15, 0.2) is 0 Å². The normalized spacial score (nSPS) is 15.4. The number of thiophene rings is 1. The summed E-state index contributed by atoms with van der Waals surface area (Å²) in [7, 11) is -3.55. The molecule has 3 heterocycles. The Labute approximate surface area is 184 Å². The minimum Gasteiger partial charge on any atom is -0.336 e. The number of nitrogens with one attached hydrogen (secondary N) is 1. The van der Waals surface area contributed by atoms with Crippen LogP contribution in [0.25, 0.3) is 5.69 Å². The number of aromatic nitrogens is 2. The molecule has 164 valence electrons. The molecule has 0 bridgehead atoms. The SMILES string of the molecule is Cc1cc(S(=O)(=O)N2CCN(C(=O)c3ccc(-n4c(C)c[nH]c4=O)cc3)CC2)c(C)s1. The van der Waals surface area contributed by atoms with Crippen LogP contribution in [0.5, 0.6) is 0 Å². The van der Waals surface area contributed by atoms with Crippen LogP contribution < -0.4 is 5.69 Å². The molecule has 8 nitrogen and oxygen atoms in total. The van der Waals surface area contributed by atoms with E-state index in [0.29, 0.717) is 29.2 Å². The molecule has 1 amide bonds. The molecule has 1 N–H and O–H groups in total. The highest BCUT2D eigenvalue weighted by Gasteiger charge is 2.32. The van der Waals surface area contributed by atoms with E-state index in [1.54, 1.807) is 41.4 Å². The van der Waals surface area contributed by atoms with Crippen LogP contribution in [0.15, 0.2) is 46.2 Å². The number of amides is 1. The summed E-state index contributed by atoms with van der Waals surface area (Å²) < 4.78 is 28.9. The Morgan fingerprint density at radius 2 is 1.68 bits per heavy atom. The van der Waals surface area contributed by atoms with Gasteiger partial charge < -0.3 is 9.88 Å². The van der Waals surface area contributed by atoms with Crippen LogP contribution in [0.4, 0.5) is 0 Å². The Bertz CT molecular complexity index is 1280. The van der Waals surface area contributed by atoms with E-state index in [1.807, 2.05) is 20.8 Å². The van der Waals surface area contributed by atoms with Crippen LogP contribution in [0, 0.1) is 20.8 Å². The van der Waals surface area contributed by atoms with E-state index in [0.717, 1.165) is 15.4 Å². The Hall–Kier alpha value is -2.69. The number of nitrogens with zero attached hydrogens (tertiary/aromatic N) is 3. The molecular formula is C21H24N4O4S2. The second-order valence-electron chi connectivity index (χ2n) is 7.59. The van der Waals surface area contributed by atoms with Gasteiger partial charge in [-0.1, -0.05) is 0 Å². The highest BCUT2D eigenvalue weighted by Crippen LogP contribution is 2.28. The van der Waals surface area contributed by atoms with Crippen molar-refractivity contribution in [2.75, 3.05) is 26.2 Å². The van der Waals surface area contributed by atoms with Crippen molar-refractivity contribution in [3.63, 3.8) is 0 Å². The van der Waals surface area contributed by atoms with E-state index in [-0.39, 0.29) is 24.7 Å². The van der Waals surface area contributed by atoms with Gasteiger partial charge in [0.2, 0.25) is 10.0 Å². The Balaban J connectivity index is 1.45. The summed E-state index contributed by atoms with van der Waals surface area (Å²) in [5.74, 6) is -0.149. The number of piperazine rings is 1. The number of carbonyl (C=O) groups is 1. The van der Waals surface area contributed by atoms with Crippen LogP contribution in [0.2, 0.25) is 0 Å². The van der Waals surface area contributed by atoms with Gasteiger partial charge in [-0.2, -0.15) is 4.31 Å². The van der Waals surface area contributed by atoms with Crippen molar-refractivity contribution in [1.29, 1.82) is 0 Å². The van der Waals surface area contributed by atoms with Crippen molar-refractivity contribution >= 4 is 27.3 Å². The zero-order valence-corrected chi connectivity index (χ0v) is 19.2. The van der Waals surface area contributed by atoms with Gasteiger partial charge in [-0.15, -0.1) is 11.3 Å². The molecule has 0 radical (unpaired) electrons. The number of rotatable bonds is 4. The first-order valence-corrected chi connectivity index (χ1v) is 12.2. The average Bonchev–Trinajstić information content (AvgIpc) is 3.28. The van der Waals surface area contributed by atoms with Crippen molar-refractivity contribution in [3.8, 4) is 5.69 Å². The number of hydrogen-bond acceptors (Lipinski definition) is 5. The first kappa shape index (κ1) is 21.5. The molecular weight excluding hydrogens is 436 g/mol. The number of sulfonamides is 1. The first-order valence-electron chi connectivity index (χ1n) is 9.92. The molecule has 1 aliphatic rings. The second kappa shape index (κ2) is 8.10. The fraction of sp³-hybridized carbons (Fsp3) is 0.333. The van der Waals surface area contributed by atoms with E-state index in [9.17, 15) is 18.0 Å². The quantitative estimate of drug-likeness (QED) is 0.646. The van der Waals surface area contributed by atoms with Gasteiger partial charge >= 0.3 is 5.69 Å². The summed E-state index contributed by atoms with van der Waals surface area (Å²) in [4.78, 5) is 31.2.